The van der Waals surface area contributed by atoms with E-state index in [1.54, 1.807) is 26.2 Å². The molecule has 0 saturated carbocycles. The van der Waals surface area contributed by atoms with Gasteiger partial charge in [0, 0.05) is 0 Å². The second-order valence-corrected chi connectivity index (χ2v) is 9.10. The van der Waals surface area contributed by atoms with Crippen LogP contribution in [-0.2, 0) is 0 Å². The zero-order chi connectivity index (χ0) is 24.4. The molecule has 3 aromatic carbocycles. The second kappa shape index (κ2) is 9.56. The first kappa shape index (κ1) is 22.6. The number of methoxy groups -OCH3 is 1. The maximum Gasteiger partial charge on any atom is 0.266 e. The first-order chi connectivity index (χ1) is 17.1. The van der Waals surface area contributed by atoms with Crippen molar-refractivity contribution in [2.45, 2.75) is 12.8 Å². The van der Waals surface area contributed by atoms with Crippen molar-refractivity contribution in [3.8, 4) is 5.75 Å². The lowest BCUT2D eigenvalue weighted by atomic mass is 9.90. The Morgan fingerprint density at radius 1 is 0.943 bits per heavy atom. The number of para-hydroxylation sites is 2. The number of carbonyl (C=O) groups excluding carboxylic acids is 1. The molecule has 0 aliphatic heterocycles. The summed E-state index contributed by atoms with van der Waals surface area (Å²) in [6, 6.07) is 27.1. The van der Waals surface area contributed by atoms with Crippen LogP contribution >= 0.6 is 11.3 Å². The van der Waals surface area contributed by atoms with Gasteiger partial charge in [0.05, 0.1) is 29.0 Å². The van der Waals surface area contributed by atoms with E-state index >= 15 is 0 Å². The standard InChI is InChI=1S/C28H23N3O3S/c1-17-22-26(32)30-25(23(18-11-5-3-6-12-18)19-13-7-4-8-14-19)31-28(22)35-24(17)27(33)29-20-15-9-10-16-21(20)34-2/h3-16,23H,1-2H3,(H,29,33)(H,30,31,32). The van der Waals surface area contributed by atoms with Crippen LogP contribution in [0.25, 0.3) is 10.2 Å². The molecular weight excluding hydrogens is 458 g/mol. The van der Waals surface area contributed by atoms with E-state index in [1.165, 1.54) is 11.3 Å². The van der Waals surface area contributed by atoms with Crippen molar-refractivity contribution >= 4 is 33.1 Å². The van der Waals surface area contributed by atoms with Crippen molar-refractivity contribution in [1.82, 2.24) is 9.97 Å². The predicted octanol–water partition coefficient (Wildman–Crippen LogP) is 5.73. The summed E-state index contributed by atoms with van der Waals surface area (Å²) < 4.78 is 5.34. The summed E-state index contributed by atoms with van der Waals surface area (Å²) in [4.78, 5) is 35.2. The van der Waals surface area contributed by atoms with Crippen molar-refractivity contribution < 1.29 is 9.53 Å². The lowest BCUT2D eigenvalue weighted by Crippen LogP contribution is -2.16. The first-order valence-electron chi connectivity index (χ1n) is 11.1. The molecule has 174 valence electrons. The van der Waals surface area contributed by atoms with Crippen LogP contribution in [-0.4, -0.2) is 23.0 Å². The molecule has 2 aromatic heterocycles. The van der Waals surface area contributed by atoms with Gasteiger partial charge in [0.2, 0.25) is 0 Å². The van der Waals surface area contributed by atoms with E-state index in [9.17, 15) is 9.59 Å². The minimum Gasteiger partial charge on any atom is -0.495 e. The monoisotopic (exact) mass is 481 g/mol. The number of benzene rings is 3. The molecular formula is C28H23N3O3S. The Balaban J connectivity index is 1.59. The minimum atomic E-state index is -0.307. The van der Waals surface area contributed by atoms with E-state index in [2.05, 4.69) is 10.3 Å². The van der Waals surface area contributed by atoms with Gasteiger partial charge in [-0.1, -0.05) is 72.8 Å². The summed E-state index contributed by atoms with van der Waals surface area (Å²) in [6.45, 7) is 1.78. The molecule has 0 aliphatic carbocycles. The number of carbonyl (C=O) groups is 1. The summed E-state index contributed by atoms with van der Waals surface area (Å²) in [5.41, 5.74) is 2.94. The molecule has 0 atom stereocenters. The minimum absolute atomic E-state index is 0.247. The van der Waals surface area contributed by atoms with Gasteiger partial charge in [0.25, 0.3) is 11.5 Å². The number of hydrogen-bond donors (Lipinski definition) is 2. The quantitative estimate of drug-likeness (QED) is 0.324. The number of aryl methyl sites for hydroxylation is 1. The van der Waals surface area contributed by atoms with Gasteiger partial charge in [-0.2, -0.15) is 0 Å². The van der Waals surface area contributed by atoms with E-state index in [0.717, 1.165) is 11.1 Å². The molecule has 2 heterocycles. The van der Waals surface area contributed by atoms with Crippen LogP contribution in [0, 0.1) is 6.92 Å². The Hall–Kier alpha value is -4.23. The summed E-state index contributed by atoms with van der Waals surface area (Å²) >= 11 is 1.22. The number of thiophene rings is 1. The lowest BCUT2D eigenvalue weighted by Gasteiger charge is -2.17. The fourth-order valence-electron chi connectivity index (χ4n) is 4.24. The van der Waals surface area contributed by atoms with E-state index < -0.39 is 0 Å². The molecule has 1 amide bonds. The van der Waals surface area contributed by atoms with Crippen molar-refractivity contribution in [3.05, 3.63) is 123 Å². The number of aromatic amines is 1. The van der Waals surface area contributed by atoms with Gasteiger partial charge in [-0.15, -0.1) is 11.3 Å². The third-order valence-electron chi connectivity index (χ3n) is 5.92. The number of rotatable bonds is 6. The number of nitrogens with zero attached hydrogens (tertiary/aromatic N) is 1. The maximum absolute atomic E-state index is 13.2. The number of anilines is 1. The molecule has 35 heavy (non-hydrogen) atoms. The van der Waals surface area contributed by atoms with Gasteiger partial charge in [0.1, 0.15) is 16.4 Å². The van der Waals surface area contributed by atoms with Gasteiger partial charge < -0.3 is 15.0 Å². The zero-order valence-corrected chi connectivity index (χ0v) is 20.1. The second-order valence-electron chi connectivity index (χ2n) is 8.10. The largest absolute Gasteiger partial charge is 0.495 e. The Kier molecular flexibility index (Phi) is 6.16. The highest BCUT2D eigenvalue weighted by atomic mass is 32.1. The van der Waals surface area contributed by atoms with Crippen molar-refractivity contribution in [3.63, 3.8) is 0 Å². The molecule has 0 unspecified atom stereocenters. The van der Waals surface area contributed by atoms with Gasteiger partial charge in [-0.25, -0.2) is 4.98 Å². The van der Waals surface area contributed by atoms with E-state index in [-0.39, 0.29) is 17.4 Å². The van der Waals surface area contributed by atoms with Crippen LogP contribution in [0.5, 0.6) is 5.75 Å². The Bertz CT molecular complexity index is 1520. The number of hydrogen-bond acceptors (Lipinski definition) is 5. The van der Waals surface area contributed by atoms with Crippen LogP contribution in [0.15, 0.2) is 89.7 Å². The molecule has 0 saturated heterocycles. The van der Waals surface area contributed by atoms with Crippen molar-refractivity contribution in [1.29, 1.82) is 0 Å². The molecule has 0 aliphatic rings. The molecule has 2 N–H and O–H groups in total. The Morgan fingerprint density at radius 3 is 2.17 bits per heavy atom. The fourth-order valence-corrected chi connectivity index (χ4v) is 5.32. The van der Waals surface area contributed by atoms with Gasteiger partial charge >= 0.3 is 0 Å². The van der Waals surface area contributed by atoms with Gasteiger partial charge in [-0.3, -0.25) is 9.59 Å². The summed E-state index contributed by atoms with van der Waals surface area (Å²) in [5, 5.41) is 3.33. The highest BCUT2D eigenvalue weighted by molar-refractivity contribution is 7.20. The third-order valence-corrected chi connectivity index (χ3v) is 7.10. The number of aromatic nitrogens is 2. The van der Waals surface area contributed by atoms with E-state index in [4.69, 9.17) is 9.72 Å². The molecule has 5 rings (SSSR count). The molecule has 6 nitrogen and oxygen atoms in total. The number of amides is 1. The summed E-state index contributed by atoms with van der Waals surface area (Å²) in [5.74, 6) is 0.547. The Morgan fingerprint density at radius 2 is 1.54 bits per heavy atom. The molecule has 0 spiro atoms. The third kappa shape index (κ3) is 4.34. The van der Waals surface area contributed by atoms with E-state index in [0.29, 0.717) is 37.9 Å². The van der Waals surface area contributed by atoms with Crippen LogP contribution in [0.4, 0.5) is 5.69 Å². The van der Waals surface area contributed by atoms with Crippen LogP contribution in [0.1, 0.15) is 38.1 Å². The highest BCUT2D eigenvalue weighted by Crippen LogP contribution is 2.33. The van der Waals surface area contributed by atoms with Crippen LogP contribution in [0.2, 0.25) is 0 Å². The van der Waals surface area contributed by atoms with Crippen molar-refractivity contribution in [2.75, 3.05) is 12.4 Å². The van der Waals surface area contributed by atoms with Gasteiger partial charge in [0.15, 0.2) is 0 Å². The average Bonchev–Trinajstić information content (AvgIpc) is 3.22. The normalized spacial score (nSPS) is 11.1. The molecule has 0 fully saturated rings. The highest BCUT2D eigenvalue weighted by Gasteiger charge is 2.24. The predicted molar refractivity (Wildman–Crippen MR) is 140 cm³/mol. The Labute approximate surface area is 206 Å². The maximum atomic E-state index is 13.2. The first-order valence-corrected chi connectivity index (χ1v) is 12.0. The SMILES string of the molecule is COc1ccccc1NC(=O)c1sc2nc(C(c3ccccc3)c3ccccc3)[nH]c(=O)c2c1C. The van der Waals surface area contributed by atoms with Crippen LogP contribution in [0.3, 0.4) is 0 Å². The smallest absolute Gasteiger partial charge is 0.266 e. The molecule has 0 bridgehead atoms. The number of ether oxygens (including phenoxy) is 1. The zero-order valence-electron chi connectivity index (χ0n) is 19.2. The summed E-state index contributed by atoms with van der Waals surface area (Å²) in [6.07, 6.45) is 0. The van der Waals surface area contributed by atoms with E-state index in [1.807, 2.05) is 72.8 Å². The molecule has 7 heteroatoms. The van der Waals surface area contributed by atoms with Gasteiger partial charge in [-0.05, 0) is 35.7 Å². The molecule has 0 radical (unpaired) electrons. The lowest BCUT2D eigenvalue weighted by molar-refractivity contribution is 0.102. The topological polar surface area (TPSA) is 84.1 Å². The average molecular weight is 482 g/mol. The molecule has 5 aromatic rings. The number of fused-ring (bicyclic) bond motifs is 1. The summed E-state index contributed by atoms with van der Waals surface area (Å²) in [7, 11) is 1.55. The fraction of sp³-hybridized carbons (Fsp3) is 0.107. The van der Waals surface area contributed by atoms with Crippen molar-refractivity contribution in [2.24, 2.45) is 0 Å². The number of nitrogens with one attached hydrogen (secondary N) is 2. The van der Waals surface area contributed by atoms with Crippen LogP contribution < -0.4 is 15.6 Å². The number of H-pyrrole nitrogens is 1.